The Morgan fingerprint density at radius 3 is 2.30 bits per heavy atom. The molecule has 4 aromatic carbocycles. The fourth-order valence-corrected chi connectivity index (χ4v) is 12.4. The number of likely N-dealkylation sites (N-methyl/N-ethyl adjacent to an activating group) is 1. The predicted molar refractivity (Wildman–Crippen MR) is 243 cm³/mol. The number of benzene rings is 4. The van der Waals surface area contributed by atoms with E-state index < -0.39 is 20.2 Å². The van der Waals surface area contributed by atoms with Gasteiger partial charge in [-0.25, -0.2) is 14.8 Å². The van der Waals surface area contributed by atoms with Gasteiger partial charge in [-0.15, -0.1) is 0 Å². The van der Waals surface area contributed by atoms with Crippen molar-refractivity contribution in [2.75, 3.05) is 32.9 Å². The molecule has 12 nitrogen and oxygen atoms in total. The smallest absolute Gasteiger partial charge is 0.407 e. The van der Waals surface area contributed by atoms with Crippen molar-refractivity contribution in [3.63, 3.8) is 0 Å². The normalized spacial score (nSPS) is 18.6. The Labute approximate surface area is 359 Å². The maximum Gasteiger partial charge on any atom is 0.407 e. The summed E-state index contributed by atoms with van der Waals surface area (Å²) in [7, 11) is -0.421. The first-order valence-electron chi connectivity index (χ1n) is 21.7. The van der Waals surface area contributed by atoms with Crippen LogP contribution >= 0.6 is 0 Å². The summed E-state index contributed by atoms with van der Waals surface area (Å²) in [6.45, 7) is 15.0. The number of ether oxygens (including phenoxy) is 1. The third kappa shape index (κ3) is 8.33. The number of rotatable bonds is 12. The lowest BCUT2D eigenvalue weighted by atomic mass is 9.99. The second-order valence-electron chi connectivity index (χ2n) is 17.7. The minimum atomic E-state index is -1.72. The Morgan fingerprint density at radius 1 is 0.869 bits per heavy atom. The van der Waals surface area contributed by atoms with Crippen LogP contribution in [0.15, 0.2) is 91.1 Å². The van der Waals surface area contributed by atoms with E-state index in [1.807, 2.05) is 43.1 Å². The molecule has 318 valence electrons. The molecular formula is C48H58N8O4Si. The van der Waals surface area contributed by atoms with Gasteiger partial charge in [0.25, 0.3) is 0 Å². The lowest BCUT2D eigenvalue weighted by Crippen LogP contribution is -2.51. The molecule has 4 heterocycles. The van der Waals surface area contributed by atoms with E-state index in [1.54, 1.807) is 0 Å². The number of fused-ring (bicyclic) bond motifs is 3. The summed E-state index contributed by atoms with van der Waals surface area (Å²) < 4.78 is 4.78. The van der Waals surface area contributed by atoms with Crippen LogP contribution in [0.2, 0.25) is 19.1 Å². The molecule has 2 aliphatic heterocycles. The first kappa shape index (κ1) is 41.9. The topological polar surface area (TPSA) is 140 Å². The standard InChI is InChI=1S/C48H58N8O4Si/c1-8-54(9-2)43(33-14-11-10-12-15-33)47(58)56-29-61(6,7)28-40(56)45-50-37-24-22-35-26-34(21-23-36(35)42(37)52-45)31-17-19-32(20-18-31)38-27-49-44(51-38)39-16-13-25-55(39)46(57)41(30(3)4)53-48(59)60-5/h10-12,14-15,17-24,26-27,30,39-41,43H,8-9,13,16,25,28-29H2,1-7H3,(H,49,51)(H,50,52)(H,53,59)/t39-,40-,41-,43?/m0/s1. The molecule has 0 aliphatic carbocycles. The monoisotopic (exact) mass is 838 g/mol. The Hall–Kier alpha value is -5.79. The number of aromatic amines is 2. The number of nitrogens with zero attached hydrogens (tertiary/aromatic N) is 5. The fourth-order valence-electron chi connectivity index (χ4n) is 9.48. The quantitative estimate of drug-likeness (QED) is 0.105. The summed E-state index contributed by atoms with van der Waals surface area (Å²) in [6.07, 6.45) is 3.66. The molecule has 61 heavy (non-hydrogen) atoms. The van der Waals surface area contributed by atoms with Gasteiger partial charge in [-0.05, 0) is 77.7 Å². The zero-order valence-corrected chi connectivity index (χ0v) is 37.4. The molecule has 0 bridgehead atoms. The van der Waals surface area contributed by atoms with Crippen LogP contribution in [-0.2, 0) is 14.3 Å². The molecule has 0 spiro atoms. The maximum atomic E-state index is 14.7. The Balaban J connectivity index is 1.01. The zero-order chi connectivity index (χ0) is 43.0. The number of likely N-dealkylation sites (tertiary alicyclic amines) is 1. The lowest BCUT2D eigenvalue weighted by Gasteiger charge is -2.34. The molecule has 3 N–H and O–H groups in total. The molecular weight excluding hydrogens is 781 g/mol. The third-order valence-corrected chi connectivity index (χ3v) is 15.4. The van der Waals surface area contributed by atoms with Crippen LogP contribution < -0.4 is 5.32 Å². The van der Waals surface area contributed by atoms with Gasteiger partial charge in [0.1, 0.15) is 23.7 Å². The summed E-state index contributed by atoms with van der Waals surface area (Å²) >= 11 is 0. The van der Waals surface area contributed by atoms with Gasteiger partial charge in [0.15, 0.2) is 0 Å². The highest BCUT2D eigenvalue weighted by Crippen LogP contribution is 2.41. The summed E-state index contributed by atoms with van der Waals surface area (Å²) in [4.78, 5) is 63.7. The van der Waals surface area contributed by atoms with E-state index in [0.29, 0.717) is 6.54 Å². The minimum absolute atomic E-state index is 0.0996. The van der Waals surface area contributed by atoms with Gasteiger partial charge in [-0.1, -0.05) is 114 Å². The number of nitrogens with one attached hydrogen (secondary N) is 3. The van der Waals surface area contributed by atoms with Crippen molar-refractivity contribution in [2.24, 2.45) is 5.92 Å². The van der Waals surface area contributed by atoms with Gasteiger partial charge in [0.2, 0.25) is 11.8 Å². The Bertz CT molecular complexity index is 2530. The van der Waals surface area contributed by atoms with E-state index in [9.17, 15) is 14.4 Å². The van der Waals surface area contributed by atoms with Crippen molar-refractivity contribution in [3.8, 4) is 22.4 Å². The van der Waals surface area contributed by atoms with E-state index in [0.717, 1.165) is 99.5 Å². The Kier molecular flexibility index (Phi) is 11.9. The summed E-state index contributed by atoms with van der Waals surface area (Å²) in [5.74, 6) is 1.53. The molecule has 2 fully saturated rings. The fraction of sp³-hybridized carbons (Fsp3) is 0.396. The molecule has 4 atom stereocenters. The molecule has 2 aromatic heterocycles. The average molecular weight is 839 g/mol. The first-order chi connectivity index (χ1) is 29.4. The summed E-state index contributed by atoms with van der Waals surface area (Å²) in [5.41, 5.74) is 7.00. The summed E-state index contributed by atoms with van der Waals surface area (Å²) in [6, 6.07) is 29.1. The number of carbonyl (C=O) groups is 3. The highest BCUT2D eigenvalue weighted by atomic mass is 28.3. The molecule has 0 radical (unpaired) electrons. The highest BCUT2D eigenvalue weighted by molar-refractivity contribution is 6.78. The zero-order valence-electron chi connectivity index (χ0n) is 36.4. The van der Waals surface area contributed by atoms with Gasteiger partial charge < -0.3 is 29.8 Å². The number of methoxy groups -OCH3 is 1. The van der Waals surface area contributed by atoms with Gasteiger partial charge >= 0.3 is 6.09 Å². The van der Waals surface area contributed by atoms with Gasteiger partial charge in [0, 0.05) is 18.1 Å². The van der Waals surface area contributed by atoms with E-state index in [1.165, 1.54) is 7.11 Å². The number of H-pyrrole nitrogens is 2. The first-order valence-corrected chi connectivity index (χ1v) is 25.1. The van der Waals surface area contributed by atoms with Crippen molar-refractivity contribution in [3.05, 3.63) is 108 Å². The molecule has 13 heteroatoms. The number of amides is 3. The maximum absolute atomic E-state index is 14.7. The van der Waals surface area contributed by atoms with Crippen molar-refractivity contribution in [1.29, 1.82) is 0 Å². The SMILES string of the molecule is CCN(CC)C(C(=O)N1C[Si](C)(C)C[C@H]1c1nc2c(ccc3cc(-c4ccc(-c5cnc([C@@H]6CCCN6C(=O)[C@@H](NC(=O)OC)C(C)C)[nH]5)cc4)ccc32)[nH]1)c1ccccc1. The number of carbonyl (C=O) groups excluding carboxylic acids is 3. The van der Waals surface area contributed by atoms with E-state index >= 15 is 0 Å². The van der Waals surface area contributed by atoms with Crippen LogP contribution in [0, 0.1) is 5.92 Å². The van der Waals surface area contributed by atoms with Crippen molar-refractivity contribution >= 4 is 47.8 Å². The second kappa shape index (κ2) is 17.3. The van der Waals surface area contributed by atoms with Crippen molar-refractivity contribution < 1.29 is 19.1 Å². The van der Waals surface area contributed by atoms with Crippen LogP contribution in [0.1, 0.15) is 75.9 Å². The van der Waals surface area contributed by atoms with Crippen LogP contribution in [-0.4, -0.2) is 99.6 Å². The highest BCUT2D eigenvalue weighted by Gasteiger charge is 2.46. The predicted octanol–water partition coefficient (Wildman–Crippen LogP) is 9.03. The lowest BCUT2D eigenvalue weighted by molar-refractivity contribution is -0.138. The number of alkyl carbamates (subject to hydrolysis) is 1. The number of hydrogen-bond donors (Lipinski definition) is 3. The molecule has 0 saturated carbocycles. The second-order valence-corrected chi connectivity index (χ2v) is 22.8. The van der Waals surface area contributed by atoms with Crippen LogP contribution in [0.4, 0.5) is 4.79 Å². The van der Waals surface area contributed by atoms with E-state index in [-0.39, 0.29) is 35.9 Å². The molecule has 6 aromatic rings. The van der Waals surface area contributed by atoms with Crippen LogP contribution in [0.3, 0.4) is 0 Å². The number of aromatic nitrogens is 4. The van der Waals surface area contributed by atoms with Gasteiger partial charge in [-0.3, -0.25) is 14.5 Å². The van der Waals surface area contributed by atoms with Crippen molar-refractivity contribution in [1.82, 2.24) is 40.0 Å². The van der Waals surface area contributed by atoms with Crippen LogP contribution in [0.25, 0.3) is 44.2 Å². The summed E-state index contributed by atoms with van der Waals surface area (Å²) in [5, 5.41) is 4.89. The molecule has 8 rings (SSSR count). The van der Waals surface area contributed by atoms with Gasteiger partial charge in [0.05, 0.1) is 50.2 Å². The molecule has 2 aliphatic rings. The number of imidazole rings is 2. The third-order valence-electron chi connectivity index (χ3n) is 12.7. The molecule has 1 unspecified atom stereocenters. The molecule has 2 saturated heterocycles. The van der Waals surface area contributed by atoms with Crippen LogP contribution in [0.5, 0.6) is 0 Å². The molecule has 3 amide bonds. The average Bonchev–Trinajstić information content (AvgIpc) is 4.10. The minimum Gasteiger partial charge on any atom is -0.453 e. The Morgan fingerprint density at radius 2 is 1.59 bits per heavy atom. The van der Waals surface area contributed by atoms with E-state index in [4.69, 9.17) is 14.7 Å². The number of hydrogen-bond acceptors (Lipinski definition) is 7. The largest absolute Gasteiger partial charge is 0.453 e. The van der Waals surface area contributed by atoms with Crippen molar-refractivity contribution in [2.45, 2.75) is 83.8 Å². The van der Waals surface area contributed by atoms with E-state index in [2.05, 4.69) is 119 Å². The van der Waals surface area contributed by atoms with Gasteiger partial charge in [-0.2, -0.15) is 0 Å².